The van der Waals surface area contributed by atoms with Crippen LogP contribution in [0.25, 0.3) is 0 Å². The number of benzene rings is 2. The molecule has 0 saturated carbocycles. The number of hydrazone groups is 1. The molecule has 0 bridgehead atoms. The van der Waals surface area contributed by atoms with Crippen molar-refractivity contribution >= 4 is 46.4 Å². The van der Waals surface area contributed by atoms with Crippen LogP contribution in [0, 0.1) is 5.92 Å². The molecule has 2 aromatic rings. The average molecular weight is 478 g/mol. The number of aliphatic imine (C=N–C) groups is 1. The topological polar surface area (TPSA) is 77.8 Å². The first-order valence-corrected chi connectivity index (χ1v) is 11.9. The number of likely N-dealkylation sites (N-methyl/N-ethyl adjacent to an activating group) is 1. The molecule has 2 unspecified atom stereocenters. The molecular weight excluding hydrogens is 454 g/mol. The van der Waals surface area contributed by atoms with Crippen LogP contribution in [0.2, 0.25) is 5.02 Å². The van der Waals surface area contributed by atoms with E-state index in [2.05, 4.69) is 4.99 Å². The molecule has 6 rings (SSSR count). The van der Waals surface area contributed by atoms with Crippen LogP contribution < -0.4 is 9.91 Å². The maximum Gasteiger partial charge on any atom is 0.253 e. The van der Waals surface area contributed by atoms with Crippen LogP contribution in [0.1, 0.15) is 22.3 Å². The number of rotatable bonds is 3. The van der Waals surface area contributed by atoms with E-state index in [4.69, 9.17) is 21.4 Å². The van der Waals surface area contributed by atoms with Gasteiger partial charge in [-0.15, -0.1) is 0 Å². The van der Waals surface area contributed by atoms with E-state index in [-0.39, 0.29) is 17.7 Å². The van der Waals surface area contributed by atoms with E-state index >= 15 is 0 Å². The maximum absolute atomic E-state index is 14.0. The van der Waals surface area contributed by atoms with Gasteiger partial charge in [-0.05, 0) is 48.7 Å². The van der Waals surface area contributed by atoms with Gasteiger partial charge in [0.1, 0.15) is 18.4 Å². The maximum atomic E-state index is 14.0. The predicted octanol–water partition coefficient (Wildman–Crippen LogP) is 2.99. The highest BCUT2D eigenvalue weighted by Gasteiger charge is 2.50. The predicted molar refractivity (Wildman–Crippen MR) is 131 cm³/mol. The monoisotopic (exact) mass is 477 g/mol. The van der Waals surface area contributed by atoms with E-state index in [1.807, 2.05) is 43.4 Å². The zero-order valence-corrected chi connectivity index (χ0v) is 19.5. The van der Waals surface area contributed by atoms with Crippen molar-refractivity contribution in [3.63, 3.8) is 0 Å². The van der Waals surface area contributed by atoms with Crippen LogP contribution in [0.5, 0.6) is 0 Å². The van der Waals surface area contributed by atoms with Gasteiger partial charge >= 0.3 is 0 Å². The van der Waals surface area contributed by atoms with Crippen LogP contribution in [-0.2, 0) is 16.0 Å². The van der Waals surface area contributed by atoms with E-state index in [0.717, 1.165) is 29.1 Å². The summed E-state index contributed by atoms with van der Waals surface area (Å²) in [5, 5.41) is 7.15. The Kier molecular flexibility index (Phi) is 5.06. The van der Waals surface area contributed by atoms with Gasteiger partial charge in [0.25, 0.3) is 11.8 Å². The van der Waals surface area contributed by atoms with Gasteiger partial charge in [-0.2, -0.15) is 5.10 Å². The van der Waals surface area contributed by atoms with Crippen molar-refractivity contribution in [2.45, 2.75) is 18.9 Å². The molecule has 0 radical (unpaired) electrons. The Morgan fingerprint density at radius 3 is 2.76 bits per heavy atom. The Balaban J connectivity index is 1.37. The molecule has 34 heavy (non-hydrogen) atoms. The molecule has 2 aromatic carbocycles. The second kappa shape index (κ2) is 8.13. The number of amides is 2. The van der Waals surface area contributed by atoms with Gasteiger partial charge in [-0.3, -0.25) is 14.6 Å². The number of piperidine rings is 1. The number of ether oxygens (including phenoxy) is 1. The number of hydrogen-bond donors (Lipinski definition) is 0. The highest BCUT2D eigenvalue weighted by atomic mass is 35.5. The molecule has 2 amide bonds. The van der Waals surface area contributed by atoms with Crippen LogP contribution in [0.4, 0.5) is 11.4 Å². The first kappa shape index (κ1) is 21.2. The largest absolute Gasteiger partial charge is 0.475 e. The van der Waals surface area contributed by atoms with E-state index < -0.39 is 6.04 Å². The lowest BCUT2D eigenvalue weighted by Gasteiger charge is -2.38. The lowest BCUT2D eigenvalue weighted by Crippen LogP contribution is -2.54. The second-order valence-electron chi connectivity index (χ2n) is 8.99. The summed E-state index contributed by atoms with van der Waals surface area (Å²) in [4.78, 5) is 34.6. The van der Waals surface area contributed by atoms with Gasteiger partial charge in [0, 0.05) is 42.3 Å². The number of hydrogen-bond acceptors (Lipinski definition) is 6. The van der Waals surface area contributed by atoms with E-state index in [9.17, 15) is 9.59 Å². The standard InChI is InChI=1S/C25H24ClN5O3/c1-29-10-7-15-5-6-17(14-20(15)24(29)32)30-11-8-19-21(23-27-9-12-34-23)28-31(22(19)25(30)33)18-4-2-3-16(26)13-18/h2-6,13-14,19,22H,7-12H2,1H3. The number of anilines is 2. The minimum Gasteiger partial charge on any atom is -0.475 e. The van der Waals surface area contributed by atoms with Crippen LogP contribution >= 0.6 is 11.6 Å². The van der Waals surface area contributed by atoms with Crippen molar-refractivity contribution in [3.05, 3.63) is 58.6 Å². The van der Waals surface area contributed by atoms with Crippen molar-refractivity contribution in [2.75, 3.05) is 43.2 Å². The number of halogens is 1. The highest BCUT2D eigenvalue weighted by Crippen LogP contribution is 2.38. The van der Waals surface area contributed by atoms with Gasteiger partial charge < -0.3 is 14.5 Å². The fraction of sp³-hybridized carbons (Fsp3) is 0.360. The summed E-state index contributed by atoms with van der Waals surface area (Å²) in [7, 11) is 1.81. The Morgan fingerprint density at radius 1 is 1.09 bits per heavy atom. The summed E-state index contributed by atoms with van der Waals surface area (Å²) in [6.45, 7) is 2.36. The fourth-order valence-corrected chi connectivity index (χ4v) is 5.40. The highest BCUT2D eigenvalue weighted by molar-refractivity contribution is 6.42. The molecule has 4 aliphatic heterocycles. The Bertz CT molecular complexity index is 1260. The molecule has 4 aliphatic rings. The summed E-state index contributed by atoms with van der Waals surface area (Å²) in [5.41, 5.74) is 3.90. The summed E-state index contributed by atoms with van der Waals surface area (Å²) in [6, 6.07) is 12.6. The minimum absolute atomic E-state index is 0.00568. The summed E-state index contributed by atoms with van der Waals surface area (Å²) in [5.74, 6) is 0.326. The molecule has 1 saturated heterocycles. The number of fused-ring (bicyclic) bond motifs is 2. The van der Waals surface area contributed by atoms with Crippen molar-refractivity contribution in [1.82, 2.24) is 4.90 Å². The van der Waals surface area contributed by atoms with Crippen LogP contribution in [-0.4, -0.2) is 67.7 Å². The van der Waals surface area contributed by atoms with Crippen molar-refractivity contribution in [1.29, 1.82) is 0 Å². The summed E-state index contributed by atoms with van der Waals surface area (Å²) >= 11 is 6.26. The first-order chi connectivity index (χ1) is 16.5. The van der Waals surface area contributed by atoms with Crippen LogP contribution in [0.3, 0.4) is 0 Å². The molecule has 9 heteroatoms. The molecule has 8 nitrogen and oxygen atoms in total. The molecule has 0 N–H and O–H groups in total. The van der Waals surface area contributed by atoms with Crippen LogP contribution in [0.15, 0.2) is 52.6 Å². The van der Waals surface area contributed by atoms with Crippen molar-refractivity contribution in [3.8, 4) is 0 Å². The summed E-state index contributed by atoms with van der Waals surface area (Å²) < 4.78 is 5.72. The molecule has 1 fully saturated rings. The molecular formula is C25H24ClN5O3. The third kappa shape index (κ3) is 3.36. The Morgan fingerprint density at radius 2 is 1.97 bits per heavy atom. The molecule has 0 spiro atoms. The smallest absolute Gasteiger partial charge is 0.253 e. The van der Waals surface area contributed by atoms with Gasteiger partial charge in [0.05, 0.1) is 12.2 Å². The van der Waals surface area contributed by atoms with Gasteiger partial charge in [0.2, 0.25) is 5.90 Å². The van der Waals surface area contributed by atoms with Gasteiger partial charge in [-0.1, -0.05) is 23.7 Å². The molecule has 174 valence electrons. The average Bonchev–Trinajstić information content (AvgIpc) is 3.50. The molecule has 2 atom stereocenters. The van der Waals surface area contributed by atoms with Gasteiger partial charge in [0.15, 0.2) is 0 Å². The quantitative estimate of drug-likeness (QED) is 0.681. The number of nitrogens with zero attached hydrogens (tertiary/aromatic N) is 5. The van der Waals surface area contributed by atoms with Crippen molar-refractivity contribution < 1.29 is 14.3 Å². The Labute approximate surface area is 202 Å². The zero-order valence-electron chi connectivity index (χ0n) is 18.8. The van der Waals surface area contributed by atoms with E-state index in [1.54, 1.807) is 20.9 Å². The van der Waals surface area contributed by atoms with Gasteiger partial charge in [-0.25, -0.2) is 4.99 Å². The molecule has 4 heterocycles. The number of carbonyl (C=O) groups excluding carboxylic acids is 2. The molecule has 0 aromatic heterocycles. The third-order valence-electron chi connectivity index (χ3n) is 6.97. The minimum atomic E-state index is -0.538. The lowest BCUT2D eigenvalue weighted by molar-refractivity contribution is -0.121. The van der Waals surface area contributed by atoms with E-state index in [1.165, 1.54) is 0 Å². The Hall–Kier alpha value is -3.39. The number of carbonyl (C=O) groups is 2. The zero-order chi connectivity index (χ0) is 23.4. The third-order valence-corrected chi connectivity index (χ3v) is 7.21. The van der Waals surface area contributed by atoms with E-state index in [0.29, 0.717) is 49.1 Å². The SMILES string of the molecule is CN1CCc2ccc(N3CCC4C(C5=NCCO5)=NN(c5cccc(Cl)c5)C4C3=O)cc2C1=O. The summed E-state index contributed by atoms with van der Waals surface area (Å²) in [6.07, 6.45) is 1.53. The lowest BCUT2D eigenvalue weighted by atomic mass is 9.86. The normalized spacial score (nSPS) is 24.0. The second-order valence-corrected chi connectivity index (χ2v) is 9.43. The first-order valence-electron chi connectivity index (χ1n) is 11.5. The fourth-order valence-electron chi connectivity index (χ4n) is 5.21. The van der Waals surface area contributed by atoms with Crippen molar-refractivity contribution in [2.24, 2.45) is 16.0 Å². The molecule has 0 aliphatic carbocycles.